The van der Waals surface area contributed by atoms with Crippen LogP contribution in [-0.2, 0) is 6.54 Å². The molecule has 0 aliphatic heterocycles. The number of methoxy groups -OCH3 is 1. The number of hydrogen-bond acceptors (Lipinski definition) is 7. The van der Waals surface area contributed by atoms with E-state index in [9.17, 15) is 0 Å². The molecule has 0 bridgehead atoms. The summed E-state index contributed by atoms with van der Waals surface area (Å²) in [6, 6.07) is 25.6. The molecule has 35 heavy (non-hydrogen) atoms. The lowest BCUT2D eigenvalue weighted by molar-refractivity contribution is 0.340. The van der Waals surface area contributed by atoms with Gasteiger partial charge < -0.3 is 20.1 Å². The number of aromatic nitrogens is 4. The van der Waals surface area contributed by atoms with Crippen LogP contribution in [0.25, 0.3) is 16.7 Å². The van der Waals surface area contributed by atoms with Crippen molar-refractivity contribution >= 4 is 28.5 Å². The highest BCUT2D eigenvalue weighted by Gasteiger charge is 2.15. The van der Waals surface area contributed by atoms with Gasteiger partial charge in [0.25, 0.3) is 0 Å². The van der Waals surface area contributed by atoms with Gasteiger partial charge in [0, 0.05) is 17.8 Å². The minimum Gasteiger partial charge on any atom is -0.496 e. The van der Waals surface area contributed by atoms with Crippen LogP contribution in [0.3, 0.4) is 0 Å². The molecule has 0 saturated carbocycles. The van der Waals surface area contributed by atoms with E-state index in [1.807, 2.05) is 90.5 Å². The number of fused-ring (bicyclic) bond motifs is 1. The lowest BCUT2D eigenvalue weighted by Gasteiger charge is -2.13. The Bertz CT molecular complexity index is 1420. The van der Waals surface area contributed by atoms with Gasteiger partial charge in [-0.05, 0) is 49.4 Å². The van der Waals surface area contributed by atoms with Gasteiger partial charge in [-0.2, -0.15) is 15.1 Å². The molecule has 0 unspecified atom stereocenters. The summed E-state index contributed by atoms with van der Waals surface area (Å²) < 4.78 is 12.9. The zero-order valence-electron chi connectivity index (χ0n) is 19.6. The Morgan fingerprint density at radius 1 is 0.886 bits per heavy atom. The second-order valence-electron chi connectivity index (χ2n) is 7.77. The molecule has 0 spiro atoms. The van der Waals surface area contributed by atoms with Gasteiger partial charge in [0.2, 0.25) is 5.95 Å². The average Bonchev–Trinajstić information content (AvgIpc) is 3.34. The summed E-state index contributed by atoms with van der Waals surface area (Å²) in [4.78, 5) is 9.57. The maximum Gasteiger partial charge on any atom is 0.227 e. The first-order chi connectivity index (χ1) is 17.2. The van der Waals surface area contributed by atoms with E-state index in [0.29, 0.717) is 30.6 Å². The fourth-order valence-corrected chi connectivity index (χ4v) is 3.80. The highest BCUT2D eigenvalue weighted by atomic mass is 16.5. The Balaban J connectivity index is 1.52. The lowest BCUT2D eigenvalue weighted by Crippen LogP contribution is -2.08. The number of nitrogens with zero attached hydrogens (tertiary/aromatic N) is 4. The molecule has 0 amide bonds. The molecule has 0 atom stereocenters. The second kappa shape index (κ2) is 10.1. The third-order valence-electron chi connectivity index (χ3n) is 5.49. The molecule has 5 aromatic rings. The van der Waals surface area contributed by atoms with Crippen molar-refractivity contribution in [2.24, 2.45) is 0 Å². The third kappa shape index (κ3) is 4.86. The largest absolute Gasteiger partial charge is 0.496 e. The van der Waals surface area contributed by atoms with Gasteiger partial charge in [-0.1, -0.05) is 36.4 Å². The number of ether oxygens (including phenoxy) is 2. The summed E-state index contributed by atoms with van der Waals surface area (Å²) in [5, 5.41) is 12.2. The quantitative estimate of drug-likeness (QED) is 0.293. The molecular formula is C27H26N6O2. The average molecular weight is 467 g/mol. The Morgan fingerprint density at radius 2 is 1.66 bits per heavy atom. The molecule has 0 radical (unpaired) electrons. The van der Waals surface area contributed by atoms with E-state index in [0.717, 1.165) is 33.8 Å². The molecule has 5 rings (SSSR count). The van der Waals surface area contributed by atoms with Gasteiger partial charge >= 0.3 is 0 Å². The number of benzene rings is 3. The highest BCUT2D eigenvalue weighted by Crippen LogP contribution is 2.28. The van der Waals surface area contributed by atoms with Crippen LogP contribution in [-0.4, -0.2) is 33.5 Å². The molecule has 0 aliphatic carbocycles. The van der Waals surface area contributed by atoms with E-state index in [1.165, 1.54) is 0 Å². The van der Waals surface area contributed by atoms with Gasteiger partial charge in [-0.3, -0.25) is 0 Å². The smallest absolute Gasteiger partial charge is 0.227 e. The van der Waals surface area contributed by atoms with Gasteiger partial charge in [0.1, 0.15) is 17.3 Å². The normalized spacial score (nSPS) is 10.8. The van der Waals surface area contributed by atoms with E-state index in [4.69, 9.17) is 19.4 Å². The van der Waals surface area contributed by atoms with Crippen LogP contribution in [0.5, 0.6) is 11.5 Å². The van der Waals surface area contributed by atoms with Crippen LogP contribution in [0, 0.1) is 0 Å². The second-order valence-corrected chi connectivity index (χ2v) is 7.77. The third-order valence-corrected chi connectivity index (χ3v) is 5.49. The Labute approximate surface area is 203 Å². The topological polar surface area (TPSA) is 86.1 Å². The molecule has 176 valence electrons. The fourth-order valence-electron chi connectivity index (χ4n) is 3.80. The summed E-state index contributed by atoms with van der Waals surface area (Å²) in [7, 11) is 1.67. The molecular weight excluding hydrogens is 440 g/mol. The SMILES string of the molecule is CCOc1ccc(Nc2nc(NCc3ccccc3OC)nc3c2cnn3-c2ccccc2)cc1. The van der Waals surface area contributed by atoms with Gasteiger partial charge in [-0.25, -0.2) is 4.68 Å². The number of rotatable bonds is 9. The van der Waals surface area contributed by atoms with Crippen LogP contribution in [0.1, 0.15) is 12.5 Å². The van der Waals surface area contributed by atoms with E-state index >= 15 is 0 Å². The van der Waals surface area contributed by atoms with Gasteiger partial charge in [0.05, 0.1) is 31.0 Å². The zero-order valence-corrected chi connectivity index (χ0v) is 19.6. The Morgan fingerprint density at radius 3 is 2.43 bits per heavy atom. The molecule has 8 nitrogen and oxygen atoms in total. The molecule has 2 aromatic heterocycles. The molecule has 0 aliphatic rings. The summed E-state index contributed by atoms with van der Waals surface area (Å²) in [5.41, 5.74) is 3.51. The Kier molecular flexibility index (Phi) is 6.43. The van der Waals surface area contributed by atoms with Crippen LogP contribution >= 0.6 is 0 Å². The minimum atomic E-state index is 0.481. The minimum absolute atomic E-state index is 0.481. The molecule has 2 N–H and O–H groups in total. The van der Waals surface area contributed by atoms with E-state index < -0.39 is 0 Å². The van der Waals surface area contributed by atoms with Crippen molar-refractivity contribution in [1.82, 2.24) is 19.7 Å². The monoisotopic (exact) mass is 466 g/mol. The van der Waals surface area contributed by atoms with E-state index in [2.05, 4.69) is 15.7 Å². The van der Waals surface area contributed by atoms with Crippen LogP contribution in [0.2, 0.25) is 0 Å². The van der Waals surface area contributed by atoms with Crippen molar-refractivity contribution in [1.29, 1.82) is 0 Å². The van der Waals surface area contributed by atoms with Crippen molar-refractivity contribution in [2.75, 3.05) is 24.4 Å². The molecule has 0 fully saturated rings. The standard InChI is InChI=1S/C27H26N6O2/c1-3-35-22-15-13-20(14-16-22)30-25-23-18-29-33(21-10-5-4-6-11-21)26(23)32-27(31-25)28-17-19-9-7-8-12-24(19)34-2/h4-16,18H,3,17H2,1-2H3,(H2,28,30,31,32). The number of anilines is 3. The lowest BCUT2D eigenvalue weighted by atomic mass is 10.2. The predicted molar refractivity (Wildman–Crippen MR) is 138 cm³/mol. The molecule has 8 heteroatoms. The fraction of sp³-hybridized carbons (Fsp3) is 0.148. The molecule has 2 heterocycles. The summed E-state index contributed by atoms with van der Waals surface area (Å²) in [5.74, 6) is 2.77. The van der Waals surface area contributed by atoms with E-state index in [-0.39, 0.29) is 0 Å². The van der Waals surface area contributed by atoms with Crippen molar-refractivity contribution < 1.29 is 9.47 Å². The zero-order chi connectivity index (χ0) is 24.0. The van der Waals surface area contributed by atoms with Gasteiger partial charge in [0.15, 0.2) is 5.65 Å². The maximum atomic E-state index is 5.56. The first-order valence-electron chi connectivity index (χ1n) is 11.4. The van der Waals surface area contributed by atoms with Crippen LogP contribution < -0.4 is 20.1 Å². The summed E-state index contributed by atoms with van der Waals surface area (Å²) >= 11 is 0. The van der Waals surface area contributed by atoms with E-state index in [1.54, 1.807) is 13.3 Å². The first kappa shape index (κ1) is 22.2. The predicted octanol–water partition coefficient (Wildman–Crippen LogP) is 5.58. The maximum absolute atomic E-state index is 5.56. The van der Waals surface area contributed by atoms with Crippen LogP contribution in [0.15, 0.2) is 85.1 Å². The molecule has 3 aromatic carbocycles. The highest BCUT2D eigenvalue weighted by molar-refractivity contribution is 5.90. The van der Waals surface area contributed by atoms with Crippen LogP contribution in [0.4, 0.5) is 17.5 Å². The first-order valence-corrected chi connectivity index (χ1v) is 11.4. The summed E-state index contributed by atoms with van der Waals surface area (Å²) in [6.45, 7) is 3.10. The van der Waals surface area contributed by atoms with Crippen molar-refractivity contribution in [2.45, 2.75) is 13.5 Å². The summed E-state index contributed by atoms with van der Waals surface area (Å²) in [6.07, 6.45) is 1.78. The van der Waals surface area contributed by atoms with Crippen molar-refractivity contribution in [3.8, 4) is 17.2 Å². The number of nitrogens with one attached hydrogen (secondary N) is 2. The number of para-hydroxylation sites is 2. The number of hydrogen-bond donors (Lipinski definition) is 2. The van der Waals surface area contributed by atoms with Crippen molar-refractivity contribution in [3.05, 3.63) is 90.6 Å². The van der Waals surface area contributed by atoms with Crippen molar-refractivity contribution in [3.63, 3.8) is 0 Å². The van der Waals surface area contributed by atoms with Gasteiger partial charge in [-0.15, -0.1) is 0 Å². The molecule has 0 saturated heterocycles. The Hall–Kier alpha value is -4.59.